The van der Waals surface area contributed by atoms with Crippen molar-refractivity contribution in [2.75, 3.05) is 59.0 Å². The molecule has 4 N–H and O–H groups in total. The highest BCUT2D eigenvalue weighted by Crippen LogP contribution is 2.20. The van der Waals surface area contributed by atoms with Gasteiger partial charge in [-0.05, 0) is 23.8 Å². The topological polar surface area (TPSA) is 134 Å². The van der Waals surface area contributed by atoms with Gasteiger partial charge in [0.05, 0.1) is 36.4 Å². The monoisotopic (exact) mass is 540 g/mol. The normalized spacial score (nSPS) is 13.2. The van der Waals surface area contributed by atoms with Crippen LogP contribution < -0.4 is 16.6 Å². The number of ether oxygens (including phenoxy) is 1. The zero-order valence-electron chi connectivity index (χ0n) is 22.5. The number of halogens is 1. The van der Waals surface area contributed by atoms with Crippen molar-refractivity contribution in [3.63, 3.8) is 0 Å². The fraction of sp³-hybridized carbons (Fsp3) is 0.429. The van der Waals surface area contributed by atoms with Gasteiger partial charge in [-0.1, -0.05) is 38.1 Å². The lowest BCUT2D eigenvalue weighted by Gasteiger charge is -2.35. The van der Waals surface area contributed by atoms with Crippen LogP contribution in [-0.2, 0) is 16.0 Å². The highest BCUT2D eigenvalue weighted by Gasteiger charge is 2.26. The van der Waals surface area contributed by atoms with Crippen LogP contribution in [0.15, 0.2) is 47.3 Å². The number of nitrogens with zero attached hydrogens (tertiary/aromatic N) is 3. The van der Waals surface area contributed by atoms with Crippen molar-refractivity contribution in [2.24, 2.45) is 5.73 Å². The maximum atomic E-state index is 14.7. The molecule has 10 nitrogen and oxygen atoms in total. The minimum atomic E-state index is -0.604. The van der Waals surface area contributed by atoms with Gasteiger partial charge in [0, 0.05) is 51.1 Å². The second-order valence-electron chi connectivity index (χ2n) is 8.79. The fourth-order valence-corrected chi connectivity index (χ4v) is 4.31. The van der Waals surface area contributed by atoms with Crippen molar-refractivity contribution in [2.45, 2.75) is 20.3 Å². The van der Waals surface area contributed by atoms with E-state index in [1.54, 1.807) is 28.0 Å². The Kier molecular flexibility index (Phi) is 11.5. The number of rotatable bonds is 10. The molecule has 0 saturated carbocycles. The molecule has 0 radical (unpaired) electrons. The summed E-state index contributed by atoms with van der Waals surface area (Å²) in [6.07, 6.45) is 0.324. The molecule has 2 amide bonds. The third-order valence-corrected chi connectivity index (χ3v) is 6.29. The zero-order valence-corrected chi connectivity index (χ0v) is 22.5. The number of nitrogens with two attached hydrogens (primary N) is 1. The van der Waals surface area contributed by atoms with Crippen LogP contribution in [0.25, 0.3) is 10.8 Å². The number of piperazine rings is 1. The number of hydrogen-bond donors (Lipinski definition) is 3. The van der Waals surface area contributed by atoms with Crippen LogP contribution in [-0.4, -0.2) is 90.8 Å². The molecule has 0 bridgehead atoms. The number of aromatic amines is 1. The molecule has 0 unspecified atom stereocenters. The number of aromatic nitrogens is 2. The highest BCUT2D eigenvalue weighted by molar-refractivity contribution is 5.95. The van der Waals surface area contributed by atoms with Gasteiger partial charge < -0.3 is 25.6 Å². The Bertz CT molecular complexity index is 1310. The summed E-state index contributed by atoms with van der Waals surface area (Å²) in [7, 11) is 0. The SMILES string of the molecule is CC.NCCOCCNCC(=O)N1CCN(C(=O)c2cc(Cc3n[nH]c(=O)c4ccccc34)ccc2F)CC1. The summed E-state index contributed by atoms with van der Waals surface area (Å²) in [5.74, 6) is -1.08. The molecule has 1 aliphatic rings. The first-order chi connectivity index (χ1) is 19.0. The lowest BCUT2D eigenvalue weighted by molar-refractivity contribution is -0.131. The van der Waals surface area contributed by atoms with Crippen molar-refractivity contribution >= 4 is 22.6 Å². The van der Waals surface area contributed by atoms with Crippen molar-refractivity contribution in [1.82, 2.24) is 25.3 Å². The van der Waals surface area contributed by atoms with E-state index in [4.69, 9.17) is 10.5 Å². The number of carbonyl (C=O) groups excluding carboxylic acids is 2. The van der Waals surface area contributed by atoms with Gasteiger partial charge in [-0.2, -0.15) is 5.10 Å². The number of H-pyrrole nitrogens is 1. The number of nitrogens with one attached hydrogen (secondary N) is 2. The van der Waals surface area contributed by atoms with Crippen molar-refractivity contribution in [3.05, 3.63) is 75.5 Å². The Hall–Kier alpha value is -3.67. The van der Waals surface area contributed by atoms with E-state index in [2.05, 4.69) is 15.5 Å². The van der Waals surface area contributed by atoms with Crippen LogP contribution >= 0.6 is 0 Å². The first-order valence-electron chi connectivity index (χ1n) is 13.3. The van der Waals surface area contributed by atoms with Gasteiger partial charge in [0.1, 0.15) is 5.82 Å². The number of amides is 2. The molecular formula is C28H37FN6O4. The Morgan fingerprint density at radius 2 is 1.74 bits per heavy atom. The van der Waals surface area contributed by atoms with Gasteiger partial charge in [-0.3, -0.25) is 14.4 Å². The molecule has 0 atom stereocenters. The Morgan fingerprint density at radius 3 is 2.46 bits per heavy atom. The van der Waals surface area contributed by atoms with E-state index < -0.39 is 11.7 Å². The van der Waals surface area contributed by atoms with Crippen molar-refractivity contribution < 1.29 is 18.7 Å². The Morgan fingerprint density at radius 1 is 1.05 bits per heavy atom. The molecule has 210 valence electrons. The Labute approximate surface area is 227 Å². The molecule has 11 heteroatoms. The van der Waals surface area contributed by atoms with Gasteiger partial charge in [0.15, 0.2) is 0 Å². The summed E-state index contributed by atoms with van der Waals surface area (Å²) in [5.41, 5.74) is 6.39. The molecule has 2 aromatic carbocycles. The molecule has 1 saturated heterocycles. The van der Waals surface area contributed by atoms with E-state index >= 15 is 0 Å². The standard InChI is InChI=1S/C26H31FN6O4.C2H6/c27-22-6-5-18(16-23-19-3-1-2-4-20(19)25(35)31-30-23)15-21(22)26(36)33-11-9-32(10-12-33)24(34)17-29-8-14-37-13-7-28;1-2/h1-6,15,29H,7-14,16-17,28H2,(H,31,35);1-2H3. The molecule has 0 aliphatic carbocycles. The van der Waals surface area contributed by atoms with Crippen LogP contribution in [0.3, 0.4) is 0 Å². The van der Waals surface area contributed by atoms with E-state index in [1.165, 1.54) is 12.1 Å². The summed E-state index contributed by atoms with van der Waals surface area (Å²) in [6, 6.07) is 11.6. The second kappa shape index (κ2) is 15.1. The summed E-state index contributed by atoms with van der Waals surface area (Å²) >= 11 is 0. The lowest BCUT2D eigenvalue weighted by atomic mass is 10.0. The molecule has 1 aromatic heterocycles. The average molecular weight is 541 g/mol. The maximum absolute atomic E-state index is 14.7. The molecule has 1 aliphatic heterocycles. The van der Waals surface area contributed by atoms with E-state index in [1.807, 2.05) is 26.0 Å². The quantitative estimate of drug-likeness (QED) is 0.332. The van der Waals surface area contributed by atoms with Crippen LogP contribution in [0.4, 0.5) is 4.39 Å². The second-order valence-corrected chi connectivity index (χ2v) is 8.79. The summed E-state index contributed by atoms with van der Waals surface area (Å²) in [6.45, 7) is 7.55. The van der Waals surface area contributed by atoms with Crippen molar-refractivity contribution in [3.8, 4) is 0 Å². The number of carbonyl (C=O) groups is 2. The summed E-state index contributed by atoms with van der Waals surface area (Å²) < 4.78 is 19.9. The smallest absolute Gasteiger partial charge is 0.272 e. The number of benzene rings is 2. The first kappa shape index (κ1) is 29.9. The Balaban J connectivity index is 0.00000205. The largest absolute Gasteiger partial charge is 0.379 e. The first-order valence-corrected chi connectivity index (χ1v) is 13.3. The minimum absolute atomic E-state index is 0.0230. The van der Waals surface area contributed by atoms with Crippen LogP contribution in [0.1, 0.15) is 35.5 Å². The van der Waals surface area contributed by atoms with E-state index in [-0.39, 0.29) is 23.6 Å². The third kappa shape index (κ3) is 7.92. The fourth-order valence-electron chi connectivity index (χ4n) is 4.31. The molecule has 4 rings (SSSR count). The molecule has 3 aromatic rings. The van der Waals surface area contributed by atoms with Gasteiger partial charge in [0.2, 0.25) is 5.91 Å². The highest BCUT2D eigenvalue weighted by atomic mass is 19.1. The number of fused-ring (bicyclic) bond motifs is 1. The van der Waals surface area contributed by atoms with E-state index in [0.717, 1.165) is 0 Å². The molecular weight excluding hydrogens is 503 g/mol. The molecule has 0 spiro atoms. The van der Waals surface area contributed by atoms with E-state index in [9.17, 15) is 18.8 Å². The average Bonchev–Trinajstić information content (AvgIpc) is 2.98. The van der Waals surface area contributed by atoms with Gasteiger partial charge >= 0.3 is 0 Å². The predicted octanol–water partition coefficient (Wildman–Crippen LogP) is 1.53. The van der Waals surface area contributed by atoms with Crippen molar-refractivity contribution in [1.29, 1.82) is 0 Å². The molecule has 39 heavy (non-hydrogen) atoms. The lowest BCUT2D eigenvalue weighted by Crippen LogP contribution is -2.52. The number of hydrogen-bond acceptors (Lipinski definition) is 7. The van der Waals surface area contributed by atoms with Crippen LogP contribution in [0.2, 0.25) is 0 Å². The third-order valence-electron chi connectivity index (χ3n) is 6.29. The van der Waals surface area contributed by atoms with Crippen LogP contribution in [0, 0.1) is 5.82 Å². The molecule has 2 heterocycles. The van der Waals surface area contributed by atoms with Gasteiger partial charge in [0.25, 0.3) is 11.5 Å². The van der Waals surface area contributed by atoms with Gasteiger partial charge in [-0.15, -0.1) is 0 Å². The summed E-state index contributed by atoms with van der Waals surface area (Å²) in [4.78, 5) is 40.9. The predicted molar refractivity (Wildman–Crippen MR) is 148 cm³/mol. The maximum Gasteiger partial charge on any atom is 0.272 e. The van der Waals surface area contributed by atoms with Gasteiger partial charge in [-0.25, -0.2) is 9.49 Å². The van der Waals surface area contributed by atoms with E-state index in [0.29, 0.717) is 80.9 Å². The zero-order chi connectivity index (χ0) is 28.2. The summed E-state index contributed by atoms with van der Waals surface area (Å²) in [5, 5.41) is 10.9. The minimum Gasteiger partial charge on any atom is -0.379 e. The molecule has 1 fully saturated rings. The van der Waals surface area contributed by atoms with Crippen LogP contribution in [0.5, 0.6) is 0 Å².